The average Bonchev–Trinajstić information content (AvgIpc) is 2.30. The highest BCUT2D eigenvalue weighted by Gasteiger charge is 2.32. The van der Waals surface area contributed by atoms with Crippen molar-refractivity contribution in [2.45, 2.75) is 50.5 Å². The molecule has 1 saturated heterocycles. The molecule has 0 spiro atoms. The van der Waals surface area contributed by atoms with Gasteiger partial charge in [-0.05, 0) is 38.1 Å². The van der Waals surface area contributed by atoms with Crippen molar-refractivity contribution in [1.82, 2.24) is 4.90 Å². The van der Waals surface area contributed by atoms with Gasteiger partial charge >= 0.3 is 0 Å². The van der Waals surface area contributed by atoms with E-state index in [2.05, 4.69) is 4.90 Å². The molecule has 0 radical (unpaired) electrons. The monoisotopic (exact) mass is 241 g/mol. The van der Waals surface area contributed by atoms with Crippen LogP contribution in [0.1, 0.15) is 44.9 Å². The molecule has 0 aromatic rings. The zero-order chi connectivity index (χ0) is 12.1. The number of methoxy groups -OCH3 is 1. The molecule has 1 N–H and O–H groups in total. The second-order valence-corrected chi connectivity index (χ2v) is 5.98. The van der Waals surface area contributed by atoms with Gasteiger partial charge < -0.3 is 14.7 Å². The summed E-state index contributed by atoms with van der Waals surface area (Å²) in [5.41, 5.74) is -0.396. The first-order valence-electron chi connectivity index (χ1n) is 7.15. The largest absolute Gasteiger partial charge is 0.389 e. The van der Waals surface area contributed by atoms with Crippen LogP contribution in [0.5, 0.6) is 0 Å². The third-order valence-corrected chi connectivity index (χ3v) is 4.31. The van der Waals surface area contributed by atoms with Crippen molar-refractivity contribution in [2.75, 3.05) is 33.4 Å². The van der Waals surface area contributed by atoms with E-state index in [4.69, 9.17) is 4.74 Å². The van der Waals surface area contributed by atoms with Crippen LogP contribution in [-0.4, -0.2) is 49.0 Å². The van der Waals surface area contributed by atoms with Crippen molar-refractivity contribution in [3.8, 4) is 0 Å². The summed E-state index contributed by atoms with van der Waals surface area (Å²) >= 11 is 0. The number of ether oxygens (including phenoxy) is 1. The lowest BCUT2D eigenvalue weighted by Crippen LogP contribution is -2.48. The SMILES string of the molecule is COCC1CCCN(CC2(O)CCCCC2)C1. The molecule has 3 heteroatoms. The molecule has 2 fully saturated rings. The van der Waals surface area contributed by atoms with E-state index in [9.17, 15) is 5.11 Å². The van der Waals surface area contributed by atoms with Crippen molar-refractivity contribution >= 4 is 0 Å². The Kier molecular flexibility index (Phi) is 4.83. The van der Waals surface area contributed by atoms with Gasteiger partial charge in [0.2, 0.25) is 0 Å². The summed E-state index contributed by atoms with van der Waals surface area (Å²) in [5.74, 6) is 0.668. The van der Waals surface area contributed by atoms with Crippen LogP contribution in [-0.2, 0) is 4.74 Å². The molecule has 1 atom stereocenters. The van der Waals surface area contributed by atoms with E-state index in [1.807, 2.05) is 0 Å². The maximum Gasteiger partial charge on any atom is 0.0774 e. The highest BCUT2D eigenvalue weighted by atomic mass is 16.5. The standard InChI is InChI=1S/C14H27NO2/c1-17-11-13-6-5-9-15(10-13)12-14(16)7-3-2-4-8-14/h13,16H,2-12H2,1H3. The first kappa shape index (κ1) is 13.3. The quantitative estimate of drug-likeness (QED) is 0.817. The van der Waals surface area contributed by atoms with Crippen LogP contribution in [0.4, 0.5) is 0 Å². The molecule has 2 rings (SSSR count). The number of rotatable bonds is 4. The Morgan fingerprint density at radius 3 is 2.71 bits per heavy atom. The molecule has 1 saturated carbocycles. The zero-order valence-electron chi connectivity index (χ0n) is 11.2. The lowest BCUT2D eigenvalue weighted by atomic mass is 9.84. The minimum atomic E-state index is -0.396. The second-order valence-electron chi connectivity index (χ2n) is 5.98. The molecule has 0 aromatic carbocycles. The number of hydrogen-bond acceptors (Lipinski definition) is 3. The summed E-state index contributed by atoms with van der Waals surface area (Å²) in [5, 5.41) is 10.6. The Balaban J connectivity index is 1.81. The smallest absolute Gasteiger partial charge is 0.0774 e. The van der Waals surface area contributed by atoms with Crippen molar-refractivity contribution in [2.24, 2.45) is 5.92 Å². The first-order valence-corrected chi connectivity index (χ1v) is 7.15. The molecule has 1 unspecified atom stereocenters. The van der Waals surface area contributed by atoms with E-state index in [0.29, 0.717) is 5.92 Å². The third-order valence-electron chi connectivity index (χ3n) is 4.31. The van der Waals surface area contributed by atoms with E-state index < -0.39 is 5.60 Å². The van der Waals surface area contributed by atoms with E-state index in [1.165, 1.54) is 32.1 Å². The number of hydrogen-bond donors (Lipinski definition) is 1. The zero-order valence-corrected chi connectivity index (χ0v) is 11.2. The summed E-state index contributed by atoms with van der Waals surface area (Å²) in [7, 11) is 1.79. The van der Waals surface area contributed by atoms with Crippen molar-refractivity contribution in [3.63, 3.8) is 0 Å². The summed E-state index contributed by atoms with van der Waals surface area (Å²) in [6, 6.07) is 0. The molecule has 0 amide bonds. The molecular weight excluding hydrogens is 214 g/mol. The van der Waals surface area contributed by atoms with Gasteiger partial charge in [0.15, 0.2) is 0 Å². The summed E-state index contributed by atoms with van der Waals surface area (Å²) in [4.78, 5) is 2.46. The first-order chi connectivity index (χ1) is 8.22. The Hall–Kier alpha value is -0.120. The number of nitrogens with zero attached hydrogens (tertiary/aromatic N) is 1. The van der Waals surface area contributed by atoms with Gasteiger partial charge in [-0.3, -0.25) is 0 Å². The molecule has 17 heavy (non-hydrogen) atoms. The molecule has 100 valence electrons. The van der Waals surface area contributed by atoms with Gasteiger partial charge in [0.05, 0.1) is 12.2 Å². The summed E-state index contributed by atoms with van der Waals surface area (Å²) in [6.45, 7) is 4.01. The topological polar surface area (TPSA) is 32.7 Å². The molecule has 0 aromatic heterocycles. The van der Waals surface area contributed by atoms with Crippen LogP contribution in [0, 0.1) is 5.92 Å². The van der Waals surface area contributed by atoms with Crippen molar-refractivity contribution in [3.05, 3.63) is 0 Å². The highest BCUT2D eigenvalue weighted by molar-refractivity contribution is 4.87. The fourth-order valence-corrected chi connectivity index (χ4v) is 3.45. The average molecular weight is 241 g/mol. The van der Waals surface area contributed by atoms with Crippen LogP contribution in [0.2, 0.25) is 0 Å². The number of likely N-dealkylation sites (tertiary alicyclic amines) is 1. The minimum absolute atomic E-state index is 0.396. The van der Waals surface area contributed by atoms with Crippen LogP contribution in [0.25, 0.3) is 0 Å². The van der Waals surface area contributed by atoms with Crippen LogP contribution in [0.15, 0.2) is 0 Å². The summed E-state index contributed by atoms with van der Waals surface area (Å²) < 4.78 is 5.26. The second kappa shape index (κ2) is 6.17. The summed E-state index contributed by atoms with van der Waals surface area (Å²) in [6.07, 6.45) is 8.23. The molecule has 3 nitrogen and oxygen atoms in total. The minimum Gasteiger partial charge on any atom is -0.389 e. The van der Waals surface area contributed by atoms with Gasteiger partial charge in [-0.2, -0.15) is 0 Å². The molecular formula is C14H27NO2. The lowest BCUT2D eigenvalue weighted by Gasteiger charge is -2.40. The van der Waals surface area contributed by atoms with Gasteiger partial charge in [-0.1, -0.05) is 19.3 Å². The number of β-amino-alcohol motifs (C(OH)–C–C–N with tert-alkyl or cyclic N) is 1. The Labute approximate surface area is 105 Å². The predicted octanol–water partition coefficient (Wildman–Crippen LogP) is 2.04. The molecule has 2 aliphatic rings. The molecule has 0 bridgehead atoms. The van der Waals surface area contributed by atoms with E-state index in [1.54, 1.807) is 7.11 Å². The lowest BCUT2D eigenvalue weighted by molar-refractivity contribution is -0.0381. The van der Waals surface area contributed by atoms with Gasteiger partial charge in [0.25, 0.3) is 0 Å². The van der Waals surface area contributed by atoms with Gasteiger partial charge in [0.1, 0.15) is 0 Å². The Morgan fingerprint density at radius 2 is 2.00 bits per heavy atom. The van der Waals surface area contributed by atoms with E-state index in [0.717, 1.165) is 39.1 Å². The fourth-order valence-electron chi connectivity index (χ4n) is 3.45. The number of aliphatic hydroxyl groups is 1. The van der Waals surface area contributed by atoms with Crippen LogP contribution < -0.4 is 0 Å². The van der Waals surface area contributed by atoms with Crippen molar-refractivity contribution in [1.29, 1.82) is 0 Å². The molecule has 1 heterocycles. The maximum absolute atomic E-state index is 10.6. The Morgan fingerprint density at radius 1 is 1.24 bits per heavy atom. The van der Waals surface area contributed by atoms with E-state index in [-0.39, 0.29) is 0 Å². The van der Waals surface area contributed by atoms with E-state index >= 15 is 0 Å². The molecule has 1 aliphatic carbocycles. The third kappa shape index (κ3) is 3.94. The predicted molar refractivity (Wildman–Crippen MR) is 69.1 cm³/mol. The molecule has 1 aliphatic heterocycles. The normalized spacial score (nSPS) is 30.4. The van der Waals surface area contributed by atoms with Gasteiger partial charge in [0, 0.05) is 20.2 Å². The highest BCUT2D eigenvalue weighted by Crippen LogP contribution is 2.30. The maximum atomic E-state index is 10.6. The van der Waals surface area contributed by atoms with Gasteiger partial charge in [-0.15, -0.1) is 0 Å². The number of piperidine rings is 1. The Bertz CT molecular complexity index is 224. The van der Waals surface area contributed by atoms with Crippen molar-refractivity contribution < 1.29 is 9.84 Å². The van der Waals surface area contributed by atoms with Crippen LogP contribution in [0.3, 0.4) is 0 Å². The van der Waals surface area contributed by atoms with Crippen LogP contribution >= 0.6 is 0 Å². The van der Waals surface area contributed by atoms with Gasteiger partial charge in [-0.25, -0.2) is 0 Å². The fraction of sp³-hybridized carbons (Fsp3) is 1.00.